The van der Waals surface area contributed by atoms with Gasteiger partial charge in [-0.15, -0.1) is 11.8 Å². The van der Waals surface area contributed by atoms with E-state index in [0.717, 1.165) is 73.6 Å². The molecule has 0 radical (unpaired) electrons. The van der Waals surface area contributed by atoms with Crippen molar-refractivity contribution >= 4 is 34.4 Å². The van der Waals surface area contributed by atoms with Crippen LogP contribution in [0.3, 0.4) is 0 Å². The van der Waals surface area contributed by atoms with Crippen molar-refractivity contribution in [2.45, 2.75) is 42.7 Å². The molecule has 1 N–H and O–H groups in total. The molecule has 8 nitrogen and oxygen atoms in total. The van der Waals surface area contributed by atoms with Gasteiger partial charge in [-0.05, 0) is 44.1 Å². The van der Waals surface area contributed by atoms with E-state index < -0.39 is 0 Å². The predicted molar refractivity (Wildman–Crippen MR) is 127 cm³/mol. The number of aromatic nitrogens is 4. The highest BCUT2D eigenvalue weighted by Gasteiger charge is 2.25. The summed E-state index contributed by atoms with van der Waals surface area (Å²) in [6, 6.07) is 6.40. The lowest BCUT2D eigenvalue weighted by Crippen LogP contribution is -2.37. The summed E-state index contributed by atoms with van der Waals surface area (Å²) >= 11 is 1.68. The van der Waals surface area contributed by atoms with Crippen LogP contribution < -0.4 is 15.0 Å². The summed E-state index contributed by atoms with van der Waals surface area (Å²) in [5, 5.41) is 4.42. The lowest BCUT2D eigenvalue weighted by Gasteiger charge is -2.31. The lowest BCUT2D eigenvalue weighted by molar-refractivity contribution is 0.122. The standard InChI is InChI=1S/C23H28N6O2S/c1-32-18-13-19-20(26-15-18)14-21(29-9-11-30-12-10-29)28-22(19)31-17-5-3-16(4-6-17)27-23-24-7-2-8-25-23/h2,7-8,13-17H,3-6,9-12H2,1H3,(H,24,25,27)/t16-,17+. The van der Waals surface area contributed by atoms with Crippen LogP contribution in [0.2, 0.25) is 0 Å². The van der Waals surface area contributed by atoms with Gasteiger partial charge in [-0.3, -0.25) is 4.98 Å². The van der Waals surface area contributed by atoms with Crippen LogP contribution >= 0.6 is 11.8 Å². The molecular formula is C23H28N6O2S. The predicted octanol–water partition coefficient (Wildman–Crippen LogP) is 3.78. The molecule has 1 aliphatic carbocycles. The molecule has 168 valence electrons. The molecule has 0 aromatic carbocycles. The Morgan fingerprint density at radius 2 is 1.84 bits per heavy atom. The van der Waals surface area contributed by atoms with Crippen molar-refractivity contribution in [2.24, 2.45) is 0 Å². The van der Waals surface area contributed by atoms with Gasteiger partial charge in [-0.1, -0.05) is 0 Å². The third-order valence-electron chi connectivity index (χ3n) is 6.03. The summed E-state index contributed by atoms with van der Waals surface area (Å²) < 4.78 is 12.0. The second kappa shape index (κ2) is 9.87. The monoisotopic (exact) mass is 452 g/mol. The highest BCUT2D eigenvalue weighted by Crippen LogP contribution is 2.33. The molecule has 1 saturated carbocycles. The zero-order valence-electron chi connectivity index (χ0n) is 18.2. The minimum absolute atomic E-state index is 0.137. The molecule has 4 heterocycles. The molecule has 3 aromatic heterocycles. The molecule has 1 saturated heterocycles. The van der Waals surface area contributed by atoms with Gasteiger partial charge in [0.05, 0.1) is 24.1 Å². The first kappa shape index (κ1) is 21.2. The number of nitrogens with one attached hydrogen (secondary N) is 1. The first-order chi connectivity index (χ1) is 15.8. The number of morpholine rings is 1. The van der Waals surface area contributed by atoms with Gasteiger partial charge in [0.1, 0.15) is 11.9 Å². The second-order valence-corrected chi connectivity index (χ2v) is 9.01. The van der Waals surface area contributed by atoms with E-state index >= 15 is 0 Å². The molecule has 32 heavy (non-hydrogen) atoms. The van der Waals surface area contributed by atoms with Crippen LogP contribution in [0, 0.1) is 0 Å². The number of rotatable bonds is 6. The van der Waals surface area contributed by atoms with Crippen molar-refractivity contribution in [1.82, 2.24) is 19.9 Å². The molecule has 0 atom stereocenters. The Hall–Kier alpha value is -2.65. The fourth-order valence-corrected chi connectivity index (χ4v) is 4.65. The van der Waals surface area contributed by atoms with Crippen molar-refractivity contribution in [2.75, 3.05) is 42.8 Å². The quantitative estimate of drug-likeness (QED) is 0.562. The van der Waals surface area contributed by atoms with Gasteiger partial charge in [0.25, 0.3) is 0 Å². The Morgan fingerprint density at radius 1 is 1.06 bits per heavy atom. The number of nitrogens with zero attached hydrogens (tertiary/aromatic N) is 5. The van der Waals surface area contributed by atoms with E-state index in [1.807, 2.05) is 12.3 Å². The van der Waals surface area contributed by atoms with Crippen LogP contribution in [0.5, 0.6) is 5.88 Å². The minimum Gasteiger partial charge on any atom is -0.474 e. The van der Waals surface area contributed by atoms with Crippen LogP contribution in [-0.2, 0) is 4.74 Å². The molecule has 5 rings (SSSR count). The van der Waals surface area contributed by atoms with E-state index in [4.69, 9.17) is 19.4 Å². The van der Waals surface area contributed by atoms with Gasteiger partial charge in [0, 0.05) is 48.7 Å². The van der Waals surface area contributed by atoms with Gasteiger partial charge >= 0.3 is 0 Å². The number of pyridine rings is 2. The van der Waals surface area contributed by atoms with Crippen molar-refractivity contribution in [3.05, 3.63) is 36.8 Å². The van der Waals surface area contributed by atoms with Crippen LogP contribution in [0.4, 0.5) is 11.8 Å². The van der Waals surface area contributed by atoms with Crippen molar-refractivity contribution in [3.63, 3.8) is 0 Å². The average Bonchev–Trinajstić information content (AvgIpc) is 2.86. The summed E-state index contributed by atoms with van der Waals surface area (Å²) in [6.45, 7) is 3.10. The number of hydrogen-bond acceptors (Lipinski definition) is 9. The van der Waals surface area contributed by atoms with Gasteiger partial charge in [-0.2, -0.15) is 4.98 Å². The highest BCUT2D eigenvalue weighted by atomic mass is 32.2. The van der Waals surface area contributed by atoms with E-state index in [-0.39, 0.29) is 6.10 Å². The molecule has 2 aliphatic rings. The van der Waals surface area contributed by atoms with E-state index in [0.29, 0.717) is 17.9 Å². The fraction of sp³-hybridized carbons (Fsp3) is 0.478. The molecule has 0 unspecified atom stereocenters. The normalized spacial score (nSPS) is 21.5. The molecule has 3 aromatic rings. The molecule has 0 bridgehead atoms. The van der Waals surface area contributed by atoms with Gasteiger partial charge < -0.3 is 19.7 Å². The minimum atomic E-state index is 0.137. The number of anilines is 2. The smallest absolute Gasteiger partial charge is 0.225 e. The highest BCUT2D eigenvalue weighted by molar-refractivity contribution is 7.98. The lowest BCUT2D eigenvalue weighted by atomic mass is 9.93. The largest absolute Gasteiger partial charge is 0.474 e. The first-order valence-electron chi connectivity index (χ1n) is 11.2. The van der Waals surface area contributed by atoms with Crippen LogP contribution in [-0.4, -0.2) is 64.6 Å². The van der Waals surface area contributed by atoms with E-state index in [2.05, 4.69) is 38.6 Å². The fourth-order valence-electron chi connectivity index (χ4n) is 4.26. The molecule has 9 heteroatoms. The Labute approximate surface area is 192 Å². The number of hydrogen-bond donors (Lipinski definition) is 1. The third-order valence-corrected chi connectivity index (χ3v) is 6.72. The SMILES string of the molecule is CSc1cnc2cc(N3CCOCC3)nc(O[C@H]3CC[C@@H](Nc4ncccn4)CC3)c2c1. The second-order valence-electron chi connectivity index (χ2n) is 8.14. The third kappa shape index (κ3) is 4.88. The van der Waals surface area contributed by atoms with Crippen LogP contribution in [0.25, 0.3) is 10.9 Å². The molecular weight excluding hydrogens is 424 g/mol. The van der Waals surface area contributed by atoms with Crippen LogP contribution in [0.15, 0.2) is 41.7 Å². The number of thioether (sulfide) groups is 1. The maximum Gasteiger partial charge on any atom is 0.225 e. The molecule has 0 spiro atoms. The maximum absolute atomic E-state index is 6.52. The summed E-state index contributed by atoms with van der Waals surface area (Å²) in [4.78, 5) is 21.6. The van der Waals surface area contributed by atoms with Crippen molar-refractivity contribution < 1.29 is 9.47 Å². The van der Waals surface area contributed by atoms with E-state index in [1.165, 1.54) is 0 Å². The Balaban J connectivity index is 1.33. The Bertz CT molecular complexity index is 1040. The molecule has 0 amide bonds. The van der Waals surface area contributed by atoms with Crippen LogP contribution in [0.1, 0.15) is 25.7 Å². The van der Waals surface area contributed by atoms with Gasteiger partial charge in [0.2, 0.25) is 11.8 Å². The van der Waals surface area contributed by atoms with Crippen molar-refractivity contribution in [1.29, 1.82) is 0 Å². The van der Waals surface area contributed by atoms with E-state index in [1.54, 1.807) is 24.2 Å². The topological polar surface area (TPSA) is 85.3 Å². The summed E-state index contributed by atoms with van der Waals surface area (Å²) in [5.41, 5.74) is 0.922. The maximum atomic E-state index is 6.52. The zero-order valence-corrected chi connectivity index (χ0v) is 19.1. The van der Waals surface area contributed by atoms with Gasteiger partial charge in [0.15, 0.2) is 0 Å². The average molecular weight is 453 g/mol. The summed E-state index contributed by atoms with van der Waals surface area (Å²) in [6.07, 6.45) is 11.6. The van der Waals surface area contributed by atoms with Crippen molar-refractivity contribution in [3.8, 4) is 5.88 Å². The Morgan fingerprint density at radius 3 is 2.59 bits per heavy atom. The first-order valence-corrected chi connectivity index (χ1v) is 12.4. The summed E-state index contributed by atoms with van der Waals surface area (Å²) in [5.74, 6) is 2.30. The molecule has 2 fully saturated rings. The Kier molecular flexibility index (Phi) is 6.54. The summed E-state index contributed by atoms with van der Waals surface area (Å²) in [7, 11) is 0. The molecule has 1 aliphatic heterocycles. The number of fused-ring (bicyclic) bond motifs is 1. The zero-order chi connectivity index (χ0) is 21.8. The number of ether oxygens (including phenoxy) is 2. The van der Waals surface area contributed by atoms with E-state index in [9.17, 15) is 0 Å². The van der Waals surface area contributed by atoms with Gasteiger partial charge in [-0.25, -0.2) is 9.97 Å².